The number of aliphatic hydroxyl groups excluding tert-OH is 1. The molecule has 20 heavy (non-hydrogen) atoms. The van der Waals surface area contributed by atoms with Crippen molar-refractivity contribution in [2.45, 2.75) is 39.3 Å². The molecular weight excluding hydrogens is 270 g/mol. The average molecular weight is 297 g/mol. The molecule has 0 saturated carbocycles. The average Bonchev–Trinajstić information content (AvgIpc) is 2.43. The second-order valence-electron chi connectivity index (χ2n) is 5.08. The lowest BCUT2D eigenvalue weighted by atomic mass is 10.2. The highest BCUT2D eigenvalue weighted by molar-refractivity contribution is 7.99. The van der Waals surface area contributed by atoms with Gasteiger partial charge < -0.3 is 15.2 Å². The first-order valence-electron chi connectivity index (χ1n) is 7.30. The first kappa shape index (κ1) is 17.3. The predicted molar refractivity (Wildman–Crippen MR) is 87.8 cm³/mol. The van der Waals surface area contributed by atoms with Crippen molar-refractivity contribution in [3.63, 3.8) is 0 Å². The van der Waals surface area contributed by atoms with Gasteiger partial charge in [-0.25, -0.2) is 0 Å². The summed E-state index contributed by atoms with van der Waals surface area (Å²) >= 11 is 1.95. The molecular formula is C16H27NO2S. The summed E-state index contributed by atoms with van der Waals surface area (Å²) in [4.78, 5) is 0. The van der Waals surface area contributed by atoms with E-state index in [0.717, 1.165) is 17.7 Å². The number of hydrogen-bond acceptors (Lipinski definition) is 4. The van der Waals surface area contributed by atoms with Gasteiger partial charge in [0.15, 0.2) is 0 Å². The van der Waals surface area contributed by atoms with Gasteiger partial charge in [-0.05, 0) is 49.5 Å². The van der Waals surface area contributed by atoms with Gasteiger partial charge in [-0.2, -0.15) is 11.8 Å². The Bertz CT molecular complexity index is 373. The summed E-state index contributed by atoms with van der Waals surface area (Å²) in [6, 6.07) is 8.31. The fourth-order valence-electron chi connectivity index (χ4n) is 1.80. The van der Waals surface area contributed by atoms with Crippen LogP contribution in [0.5, 0.6) is 5.75 Å². The summed E-state index contributed by atoms with van der Waals surface area (Å²) in [7, 11) is 0. The molecule has 2 N–H and O–H groups in total. The Kier molecular flexibility index (Phi) is 8.74. The van der Waals surface area contributed by atoms with Crippen LogP contribution >= 0.6 is 11.8 Å². The van der Waals surface area contributed by atoms with Crippen LogP contribution in [0.15, 0.2) is 24.3 Å². The van der Waals surface area contributed by atoms with Crippen molar-refractivity contribution in [1.82, 2.24) is 5.32 Å². The van der Waals surface area contributed by atoms with Gasteiger partial charge in [0.2, 0.25) is 0 Å². The Morgan fingerprint density at radius 1 is 1.40 bits per heavy atom. The molecule has 1 aromatic rings. The zero-order valence-electron chi connectivity index (χ0n) is 12.8. The Hall–Kier alpha value is -0.710. The van der Waals surface area contributed by atoms with Gasteiger partial charge in [-0.1, -0.05) is 19.1 Å². The van der Waals surface area contributed by atoms with E-state index in [1.807, 2.05) is 43.0 Å². The van der Waals surface area contributed by atoms with Gasteiger partial charge >= 0.3 is 0 Å². The summed E-state index contributed by atoms with van der Waals surface area (Å²) in [6.07, 6.45) is 0.654. The Labute approximate surface area is 127 Å². The maximum Gasteiger partial charge on any atom is 0.119 e. The SMILES string of the molecule is CCSCCC(C)NCC(O)COc1cccc(C)c1. The zero-order valence-corrected chi connectivity index (χ0v) is 13.6. The van der Waals surface area contributed by atoms with Crippen LogP contribution in [0.2, 0.25) is 0 Å². The highest BCUT2D eigenvalue weighted by Crippen LogP contribution is 2.12. The molecule has 2 atom stereocenters. The summed E-state index contributed by atoms with van der Waals surface area (Å²) in [5, 5.41) is 13.3. The van der Waals surface area contributed by atoms with Gasteiger partial charge in [0.05, 0.1) is 0 Å². The maximum atomic E-state index is 9.91. The normalized spacial score (nSPS) is 14.0. The molecule has 0 aliphatic heterocycles. The number of hydrogen-bond donors (Lipinski definition) is 2. The quantitative estimate of drug-likeness (QED) is 0.652. The highest BCUT2D eigenvalue weighted by Gasteiger charge is 2.08. The molecule has 2 unspecified atom stereocenters. The minimum atomic E-state index is -0.475. The predicted octanol–water partition coefficient (Wildman–Crippen LogP) is 2.86. The van der Waals surface area contributed by atoms with Crippen LogP contribution < -0.4 is 10.1 Å². The van der Waals surface area contributed by atoms with Gasteiger partial charge in [0.25, 0.3) is 0 Å². The smallest absolute Gasteiger partial charge is 0.119 e. The van der Waals surface area contributed by atoms with Crippen LogP contribution in [-0.2, 0) is 0 Å². The molecule has 0 aliphatic rings. The van der Waals surface area contributed by atoms with Crippen LogP contribution in [-0.4, -0.2) is 41.9 Å². The van der Waals surface area contributed by atoms with Crippen molar-refractivity contribution in [1.29, 1.82) is 0 Å². The Morgan fingerprint density at radius 2 is 2.20 bits per heavy atom. The molecule has 114 valence electrons. The van der Waals surface area contributed by atoms with Gasteiger partial charge in [-0.3, -0.25) is 0 Å². The fourth-order valence-corrected chi connectivity index (χ4v) is 2.61. The molecule has 0 heterocycles. The van der Waals surface area contributed by atoms with Crippen LogP contribution in [0, 0.1) is 6.92 Å². The molecule has 0 bridgehead atoms. The van der Waals surface area contributed by atoms with Crippen LogP contribution in [0.1, 0.15) is 25.8 Å². The lowest BCUT2D eigenvalue weighted by Crippen LogP contribution is -2.36. The van der Waals surface area contributed by atoms with Crippen LogP contribution in [0.3, 0.4) is 0 Å². The van der Waals surface area contributed by atoms with E-state index in [4.69, 9.17) is 4.74 Å². The lowest BCUT2D eigenvalue weighted by molar-refractivity contribution is 0.104. The van der Waals surface area contributed by atoms with E-state index >= 15 is 0 Å². The number of aliphatic hydroxyl groups is 1. The van der Waals surface area contributed by atoms with Crippen molar-refractivity contribution in [3.8, 4) is 5.75 Å². The largest absolute Gasteiger partial charge is 0.491 e. The van der Waals surface area contributed by atoms with Crippen molar-refractivity contribution in [2.75, 3.05) is 24.7 Å². The maximum absolute atomic E-state index is 9.91. The van der Waals surface area contributed by atoms with Crippen molar-refractivity contribution < 1.29 is 9.84 Å². The third kappa shape index (κ3) is 7.78. The van der Waals surface area contributed by atoms with E-state index in [0.29, 0.717) is 19.2 Å². The van der Waals surface area contributed by atoms with Crippen LogP contribution in [0.4, 0.5) is 0 Å². The zero-order chi connectivity index (χ0) is 14.8. The molecule has 0 aliphatic carbocycles. The number of rotatable bonds is 10. The molecule has 4 heteroatoms. The van der Waals surface area contributed by atoms with Crippen molar-refractivity contribution in [2.24, 2.45) is 0 Å². The van der Waals surface area contributed by atoms with Crippen LogP contribution in [0.25, 0.3) is 0 Å². The number of aryl methyl sites for hydroxylation is 1. The molecule has 0 fully saturated rings. The number of nitrogens with one attached hydrogen (secondary N) is 1. The summed E-state index contributed by atoms with van der Waals surface area (Å²) in [5.74, 6) is 3.15. The topological polar surface area (TPSA) is 41.5 Å². The summed E-state index contributed by atoms with van der Waals surface area (Å²) in [5.41, 5.74) is 1.16. The lowest BCUT2D eigenvalue weighted by Gasteiger charge is -2.17. The van der Waals surface area contributed by atoms with E-state index in [1.54, 1.807) is 0 Å². The monoisotopic (exact) mass is 297 g/mol. The summed E-state index contributed by atoms with van der Waals surface area (Å²) in [6.45, 7) is 7.26. The summed E-state index contributed by atoms with van der Waals surface area (Å²) < 4.78 is 5.59. The van der Waals surface area contributed by atoms with E-state index in [2.05, 4.69) is 19.2 Å². The number of ether oxygens (including phenoxy) is 1. The van der Waals surface area contributed by atoms with Gasteiger partial charge in [-0.15, -0.1) is 0 Å². The number of thioether (sulfide) groups is 1. The van der Waals surface area contributed by atoms with E-state index in [1.165, 1.54) is 11.5 Å². The second-order valence-corrected chi connectivity index (χ2v) is 6.47. The Balaban J connectivity index is 2.15. The molecule has 0 saturated heterocycles. The van der Waals surface area contributed by atoms with E-state index in [9.17, 15) is 5.11 Å². The van der Waals surface area contributed by atoms with Gasteiger partial charge in [0.1, 0.15) is 18.5 Å². The van der Waals surface area contributed by atoms with Crippen molar-refractivity contribution >= 4 is 11.8 Å². The molecule has 0 aromatic heterocycles. The van der Waals surface area contributed by atoms with Gasteiger partial charge in [0, 0.05) is 12.6 Å². The highest BCUT2D eigenvalue weighted by atomic mass is 32.2. The molecule has 0 radical (unpaired) electrons. The first-order chi connectivity index (χ1) is 9.61. The minimum absolute atomic E-state index is 0.326. The third-order valence-corrected chi connectivity index (χ3v) is 3.97. The number of benzene rings is 1. The van der Waals surface area contributed by atoms with E-state index < -0.39 is 6.10 Å². The fraction of sp³-hybridized carbons (Fsp3) is 0.625. The molecule has 0 amide bonds. The first-order valence-corrected chi connectivity index (χ1v) is 8.46. The Morgan fingerprint density at radius 3 is 2.90 bits per heavy atom. The molecule has 1 aromatic carbocycles. The third-order valence-electron chi connectivity index (χ3n) is 3.03. The molecule has 3 nitrogen and oxygen atoms in total. The molecule has 0 spiro atoms. The molecule has 1 rings (SSSR count). The minimum Gasteiger partial charge on any atom is -0.491 e. The second kappa shape index (κ2) is 10.1. The standard InChI is InChI=1S/C16H27NO2S/c1-4-20-9-8-14(3)17-11-15(18)12-19-16-7-5-6-13(2)10-16/h5-7,10,14-15,17-18H,4,8-9,11-12H2,1-3H3. The van der Waals surface area contributed by atoms with Crippen molar-refractivity contribution in [3.05, 3.63) is 29.8 Å². The van der Waals surface area contributed by atoms with E-state index in [-0.39, 0.29) is 0 Å².